The van der Waals surface area contributed by atoms with Crippen molar-refractivity contribution in [3.05, 3.63) is 80.2 Å². The van der Waals surface area contributed by atoms with E-state index in [2.05, 4.69) is 38.3 Å². The van der Waals surface area contributed by atoms with Crippen LogP contribution >= 0.6 is 39.1 Å². The molecule has 1 aliphatic rings. The maximum absolute atomic E-state index is 6.60. The Morgan fingerprint density at radius 3 is 2.39 bits per heavy atom. The first-order valence-electron chi connectivity index (χ1n) is 11.1. The third kappa shape index (κ3) is 6.28. The number of ether oxygens (including phenoxy) is 2. The molecule has 1 fully saturated rings. The largest absolute Gasteiger partial charge is 0.493 e. The van der Waals surface area contributed by atoms with Gasteiger partial charge < -0.3 is 19.7 Å². The van der Waals surface area contributed by atoms with Gasteiger partial charge in [0.25, 0.3) is 0 Å². The van der Waals surface area contributed by atoms with Gasteiger partial charge in [-0.2, -0.15) is 0 Å². The van der Waals surface area contributed by atoms with E-state index in [0.29, 0.717) is 29.7 Å². The highest BCUT2D eigenvalue weighted by molar-refractivity contribution is 9.10. The van der Waals surface area contributed by atoms with Crippen LogP contribution < -0.4 is 19.7 Å². The third-order valence-electron chi connectivity index (χ3n) is 5.77. The van der Waals surface area contributed by atoms with Crippen LogP contribution in [0.2, 0.25) is 10.0 Å². The Labute approximate surface area is 213 Å². The Balaban J connectivity index is 1.41. The van der Waals surface area contributed by atoms with E-state index < -0.39 is 0 Å². The number of nitrogens with one attached hydrogen (secondary N) is 1. The van der Waals surface area contributed by atoms with Crippen molar-refractivity contribution in [2.75, 3.05) is 30.4 Å². The number of piperidine rings is 1. The van der Waals surface area contributed by atoms with E-state index in [0.717, 1.165) is 45.1 Å². The molecule has 4 nitrogen and oxygen atoms in total. The highest BCUT2D eigenvalue weighted by Crippen LogP contribution is 2.35. The predicted octanol–water partition coefficient (Wildman–Crippen LogP) is 7.95. The van der Waals surface area contributed by atoms with Gasteiger partial charge in [-0.15, -0.1) is 0 Å². The molecule has 33 heavy (non-hydrogen) atoms. The highest BCUT2D eigenvalue weighted by Gasteiger charge is 2.15. The molecule has 0 unspecified atom stereocenters. The summed E-state index contributed by atoms with van der Waals surface area (Å²) in [5, 5.41) is 4.95. The summed E-state index contributed by atoms with van der Waals surface area (Å²) < 4.78 is 12.5. The van der Waals surface area contributed by atoms with Crippen molar-refractivity contribution < 1.29 is 9.47 Å². The monoisotopic (exact) mass is 548 g/mol. The lowest BCUT2D eigenvalue weighted by Gasteiger charge is -2.29. The fourth-order valence-corrected chi connectivity index (χ4v) is 4.82. The summed E-state index contributed by atoms with van der Waals surface area (Å²) in [5.41, 5.74) is 4.19. The fourth-order valence-electron chi connectivity index (χ4n) is 3.93. The van der Waals surface area contributed by atoms with Gasteiger partial charge in [0.1, 0.15) is 6.61 Å². The van der Waals surface area contributed by atoms with Crippen LogP contribution in [0.25, 0.3) is 0 Å². The smallest absolute Gasteiger partial charge is 0.162 e. The van der Waals surface area contributed by atoms with Gasteiger partial charge in [-0.3, -0.25) is 0 Å². The Kier molecular flexibility index (Phi) is 8.29. The summed E-state index contributed by atoms with van der Waals surface area (Å²) in [6.07, 6.45) is 3.76. The zero-order valence-corrected chi connectivity index (χ0v) is 21.6. The second-order valence-electron chi connectivity index (χ2n) is 8.08. The van der Waals surface area contributed by atoms with Gasteiger partial charge in [0, 0.05) is 34.8 Å². The molecule has 7 heteroatoms. The second-order valence-corrected chi connectivity index (χ2v) is 9.78. The molecule has 0 radical (unpaired) electrons. The van der Waals surface area contributed by atoms with Crippen molar-refractivity contribution >= 4 is 50.5 Å². The van der Waals surface area contributed by atoms with Gasteiger partial charge in [-0.25, -0.2) is 0 Å². The Hall–Kier alpha value is -2.08. The molecule has 0 bridgehead atoms. The van der Waals surface area contributed by atoms with Crippen molar-refractivity contribution in [3.63, 3.8) is 0 Å². The molecule has 1 saturated heterocycles. The van der Waals surface area contributed by atoms with Crippen LogP contribution in [0.4, 0.5) is 11.4 Å². The molecule has 0 saturated carbocycles. The van der Waals surface area contributed by atoms with E-state index in [1.165, 1.54) is 19.3 Å². The minimum atomic E-state index is 0.430. The van der Waals surface area contributed by atoms with Crippen LogP contribution in [0.5, 0.6) is 11.5 Å². The van der Waals surface area contributed by atoms with Crippen LogP contribution in [0.3, 0.4) is 0 Å². The summed E-state index contributed by atoms with van der Waals surface area (Å²) >= 11 is 16.2. The lowest BCUT2D eigenvalue weighted by Crippen LogP contribution is -2.29. The molecule has 0 aliphatic carbocycles. The van der Waals surface area contributed by atoms with Crippen LogP contribution in [0.15, 0.2) is 59.1 Å². The van der Waals surface area contributed by atoms with E-state index in [1.54, 1.807) is 7.11 Å². The fraction of sp³-hybridized carbons (Fsp3) is 0.308. The number of halogens is 3. The minimum absolute atomic E-state index is 0.430. The minimum Gasteiger partial charge on any atom is -0.493 e. The molecule has 1 aliphatic heterocycles. The van der Waals surface area contributed by atoms with E-state index in [4.69, 9.17) is 32.7 Å². The number of hydrogen-bond acceptors (Lipinski definition) is 4. The van der Waals surface area contributed by atoms with E-state index in [9.17, 15) is 0 Å². The van der Waals surface area contributed by atoms with Crippen molar-refractivity contribution in [1.82, 2.24) is 0 Å². The molecular weight excluding hydrogens is 523 g/mol. The first-order valence-corrected chi connectivity index (χ1v) is 12.6. The van der Waals surface area contributed by atoms with Gasteiger partial charge in [0.05, 0.1) is 17.8 Å². The maximum atomic E-state index is 6.60. The van der Waals surface area contributed by atoms with Crippen LogP contribution in [-0.2, 0) is 13.2 Å². The predicted molar refractivity (Wildman–Crippen MR) is 141 cm³/mol. The second kappa shape index (κ2) is 11.4. The van der Waals surface area contributed by atoms with Crippen LogP contribution in [-0.4, -0.2) is 20.2 Å². The summed E-state index contributed by atoms with van der Waals surface area (Å²) in [6.45, 7) is 3.20. The number of rotatable bonds is 8. The number of anilines is 2. The Morgan fingerprint density at radius 2 is 1.70 bits per heavy atom. The van der Waals surface area contributed by atoms with Crippen molar-refractivity contribution in [2.45, 2.75) is 32.4 Å². The SMILES string of the molecule is COc1cc(CNc2ccc(N3CCCCC3)c(Cl)c2)c(Br)cc1OCc1ccc(Cl)cc1. The molecule has 0 aromatic heterocycles. The van der Waals surface area contributed by atoms with E-state index in [-0.39, 0.29) is 0 Å². The molecule has 174 valence electrons. The molecule has 0 spiro atoms. The molecule has 1 N–H and O–H groups in total. The van der Waals surface area contributed by atoms with Crippen molar-refractivity contribution in [1.29, 1.82) is 0 Å². The Morgan fingerprint density at radius 1 is 0.939 bits per heavy atom. The summed E-state index contributed by atoms with van der Waals surface area (Å²) in [4.78, 5) is 2.37. The van der Waals surface area contributed by atoms with E-state index >= 15 is 0 Å². The van der Waals surface area contributed by atoms with Gasteiger partial charge in [0.15, 0.2) is 11.5 Å². The maximum Gasteiger partial charge on any atom is 0.162 e. The summed E-state index contributed by atoms with van der Waals surface area (Å²) in [5.74, 6) is 1.36. The normalized spacial score (nSPS) is 13.6. The average molecular weight is 550 g/mol. The lowest BCUT2D eigenvalue weighted by molar-refractivity contribution is 0.284. The summed E-state index contributed by atoms with van der Waals surface area (Å²) in [6, 6.07) is 17.7. The lowest BCUT2D eigenvalue weighted by atomic mass is 10.1. The first kappa shape index (κ1) is 24.1. The topological polar surface area (TPSA) is 33.7 Å². The number of nitrogens with zero attached hydrogens (tertiary/aromatic N) is 1. The van der Waals surface area contributed by atoms with Gasteiger partial charge in [-0.1, -0.05) is 51.3 Å². The van der Waals surface area contributed by atoms with E-state index in [1.807, 2.05) is 42.5 Å². The van der Waals surface area contributed by atoms with Crippen molar-refractivity contribution in [3.8, 4) is 11.5 Å². The van der Waals surface area contributed by atoms with Gasteiger partial charge in [0.2, 0.25) is 0 Å². The zero-order chi connectivity index (χ0) is 23.2. The molecular formula is C26H27BrCl2N2O2. The van der Waals surface area contributed by atoms with Crippen LogP contribution in [0, 0.1) is 0 Å². The highest BCUT2D eigenvalue weighted by atomic mass is 79.9. The third-order valence-corrected chi connectivity index (χ3v) is 7.06. The first-order chi connectivity index (χ1) is 16.0. The Bertz CT molecular complexity index is 1090. The van der Waals surface area contributed by atoms with Gasteiger partial charge >= 0.3 is 0 Å². The summed E-state index contributed by atoms with van der Waals surface area (Å²) in [7, 11) is 1.65. The molecule has 4 rings (SSSR count). The molecule has 0 atom stereocenters. The molecule has 3 aromatic carbocycles. The molecule has 0 amide bonds. The number of hydrogen-bond donors (Lipinski definition) is 1. The number of benzene rings is 3. The quantitative estimate of drug-likeness (QED) is 0.309. The number of methoxy groups -OCH3 is 1. The van der Waals surface area contributed by atoms with Gasteiger partial charge in [-0.05, 0) is 72.9 Å². The zero-order valence-electron chi connectivity index (χ0n) is 18.5. The standard InChI is InChI=1S/C26H27BrCl2N2O2/c1-32-25-13-19(22(27)15-26(25)33-17-18-5-7-20(28)8-6-18)16-30-21-9-10-24(23(29)14-21)31-11-3-2-4-12-31/h5-10,13-15,30H,2-4,11-12,16-17H2,1H3. The molecule has 1 heterocycles. The van der Waals surface area contributed by atoms with Crippen LogP contribution in [0.1, 0.15) is 30.4 Å². The van der Waals surface area contributed by atoms with Crippen molar-refractivity contribution in [2.24, 2.45) is 0 Å². The molecule has 3 aromatic rings. The average Bonchev–Trinajstić information content (AvgIpc) is 2.83.